The Labute approximate surface area is 286 Å². The molecule has 7 N–H and O–H groups in total. The van der Waals surface area contributed by atoms with Crippen LogP contribution >= 0.6 is 0 Å². The Morgan fingerprint density at radius 1 is 0.898 bits per heavy atom. The van der Waals surface area contributed by atoms with Gasteiger partial charge in [0.1, 0.15) is 42.7 Å². The molecule has 16 heteroatoms. The van der Waals surface area contributed by atoms with Crippen LogP contribution in [0.2, 0.25) is 0 Å². The monoisotopic (exact) mass is 705 g/mol. The number of hydrogen-bond acceptors (Lipinski definition) is 14. The van der Waals surface area contributed by atoms with E-state index in [1.165, 1.54) is 21.0 Å². The maximum atomic E-state index is 12.8. The van der Waals surface area contributed by atoms with Gasteiger partial charge < -0.3 is 64.4 Å². The number of esters is 1. The first-order chi connectivity index (χ1) is 23.3. The summed E-state index contributed by atoms with van der Waals surface area (Å²) in [6.45, 7) is 3.92. The maximum Gasteiger partial charge on any atom is 0.332 e. The molecule has 2 saturated heterocycles. The molecule has 0 aromatic heterocycles. The predicted octanol–water partition coefficient (Wildman–Crippen LogP) is -0.415. The fourth-order valence-corrected chi connectivity index (χ4v) is 7.72. The Morgan fingerprint density at radius 3 is 2.18 bits per heavy atom. The van der Waals surface area contributed by atoms with Gasteiger partial charge in [0.15, 0.2) is 18.7 Å². The summed E-state index contributed by atoms with van der Waals surface area (Å²) in [5.74, 6) is -3.20. The number of carbonyl (C=O) groups is 3. The molecule has 0 aromatic carbocycles. The van der Waals surface area contributed by atoms with Gasteiger partial charge in [-0.25, -0.2) is 4.79 Å². The van der Waals surface area contributed by atoms with Gasteiger partial charge in [-0.2, -0.15) is 0 Å². The van der Waals surface area contributed by atoms with Crippen molar-refractivity contribution < 1.29 is 73.4 Å². The van der Waals surface area contributed by atoms with E-state index in [-0.39, 0.29) is 24.7 Å². The van der Waals surface area contributed by atoms with E-state index in [0.717, 1.165) is 32.1 Å². The highest BCUT2D eigenvalue weighted by molar-refractivity contribution is 5.74. The van der Waals surface area contributed by atoms with Crippen LogP contribution < -0.4 is 5.32 Å². The van der Waals surface area contributed by atoms with E-state index in [2.05, 4.69) is 5.32 Å². The van der Waals surface area contributed by atoms with Crippen molar-refractivity contribution in [3.63, 3.8) is 0 Å². The first kappa shape index (κ1) is 39.8. The Kier molecular flexibility index (Phi) is 14.6. The average Bonchev–Trinajstić information content (AvgIpc) is 3.08. The summed E-state index contributed by atoms with van der Waals surface area (Å²) >= 11 is 0. The minimum Gasteiger partial charge on any atom is -0.479 e. The number of ether oxygens (including phenoxy) is 6. The van der Waals surface area contributed by atoms with Crippen LogP contribution in [-0.4, -0.2) is 142 Å². The fraction of sp³-hybridized carbons (Fsp3) is 0.909. The van der Waals surface area contributed by atoms with Gasteiger partial charge in [-0.1, -0.05) is 45.4 Å². The van der Waals surface area contributed by atoms with Crippen LogP contribution in [0.5, 0.6) is 0 Å². The molecule has 15 atom stereocenters. The molecule has 2 aliphatic carbocycles. The van der Waals surface area contributed by atoms with E-state index < -0.39 is 110 Å². The number of nitrogens with one attached hydrogen (secondary N) is 1. The summed E-state index contributed by atoms with van der Waals surface area (Å²) in [6, 6.07) is -1.27. The summed E-state index contributed by atoms with van der Waals surface area (Å²) in [5, 5.41) is 65.7. The number of amides is 1. The second kappa shape index (κ2) is 18.0. The molecular formula is C33H55NO15. The van der Waals surface area contributed by atoms with Crippen LogP contribution in [0, 0.1) is 17.8 Å². The van der Waals surface area contributed by atoms with Gasteiger partial charge in [0.2, 0.25) is 5.91 Å². The third-order valence-electron chi connectivity index (χ3n) is 10.5. The van der Waals surface area contributed by atoms with Crippen molar-refractivity contribution in [1.82, 2.24) is 5.32 Å². The normalized spacial score (nSPS) is 41.1. The van der Waals surface area contributed by atoms with Crippen molar-refractivity contribution >= 4 is 17.8 Å². The third-order valence-corrected chi connectivity index (χ3v) is 10.5. The average molecular weight is 706 g/mol. The summed E-state index contributed by atoms with van der Waals surface area (Å²) < 4.78 is 35.6. The topological polar surface area (TPSA) is 240 Å². The van der Waals surface area contributed by atoms with E-state index >= 15 is 0 Å². The molecule has 2 saturated carbocycles. The summed E-state index contributed by atoms with van der Waals surface area (Å²) in [6.07, 6.45) is -9.97. The van der Waals surface area contributed by atoms with Crippen molar-refractivity contribution in [2.45, 2.75) is 158 Å². The maximum absolute atomic E-state index is 12.8. The Bertz CT molecular complexity index is 1090. The number of carbonyl (C=O) groups excluding carboxylic acids is 2. The van der Waals surface area contributed by atoms with Gasteiger partial charge >= 0.3 is 11.9 Å². The molecule has 2 heterocycles. The fourth-order valence-electron chi connectivity index (χ4n) is 7.72. The smallest absolute Gasteiger partial charge is 0.332 e. The minimum atomic E-state index is -1.62. The first-order valence-electron chi connectivity index (χ1n) is 17.5. The van der Waals surface area contributed by atoms with Gasteiger partial charge in [0.05, 0.1) is 37.9 Å². The first-order valence-corrected chi connectivity index (χ1v) is 17.5. The molecule has 16 nitrogen and oxygen atoms in total. The lowest BCUT2D eigenvalue weighted by Crippen LogP contribution is -2.67. The summed E-state index contributed by atoms with van der Waals surface area (Å²) in [4.78, 5) is 37.8. The van der Waals surface area contributed by atoms with Crippen molar-refractivity contribution in [3.05, 3.63) is 0 Å². The quantitative estimate of drug-likeness (QED) is 0.121. The molecule has 4 aliphatic rings. The molecule has 6 unspecified atom stereocenters. The molecule has 0 bridgehead atoms. The second-order valence-electron chi connectivity index (χ2n) is 13.9. The Balaban J connectivity index is 1.65. The minimum absolute atomic E-state index is 0.0291. The number of methoxy groups -OCH3 is 1. The zero-order chi connectivity index (χ0) is 36.0. The van der Waals surface area contributed by atoms with E-state index in [9.17, 15) is 45.0 Å². The zero-order valence-corrected chi connectivity index (χ0v) is 28.7. The van der Waals surface area contributed by atoms with Crippen LogP contribution in [0.15, 0.2) is 0 Å². The standard InChI is InChI=1S/C33H55NO15/c1-5-18-12-19(31(43)44-4)13-20(28(18)49-33-27(40)26(39)24(37)15(2)45-33)47-32-23(34-16(3)36)29(25(38)22(14-35)48-32)46-21(30(41)42)11-17-9-7-6-8-10-17/h15,17-29,32-33,35,37-40H,5-14H2,1-4H3,(H,34,36)(H,41,42)/t15?,18-,19?,20-,21+,22+,23?,24-,25+,26+,27?,28?,29?,32-,33+/m1/s1. The molecule has 4 rings (SSSR count). The lowest BCUT2D eigenvalue weighted by molar-refractivity contribution is -0.338. The van der Waals surface area contributed by atoms with Crippen LogP contribution in [-0.2, 0) is 42.8 Å². The number of rotatable bonds is 13. The molecule has 2 aliphatic heterocycles. The number of carboxylic acids is 1. The number of aliphatic carboxylic acids is 1. The van der Waals surface area contributed by atoms with Gasteiger partial charge in [0, 0.05) is 6.92 Å². The highest BCUT2D eigenvalue weighted by Gasteiger charge is 2.53. The van der Waals surface area contributed by atoms with Crippen LogP contribution in [0.3, 0.4) is 0 Å². The van der Waals surface area contributed by atoms with Gasteiger partial charge in [0.25, 0.3) is 0 Å². The highest BCUT2D eigenvalue weighted by atomic mass is 16.7. The molecule has 0 radical (unpaired) electrons. The third kappa shape index (κ3) is 9.67. The lowest BCUT2D eigenvalue weighted by atomic mass is 9.76. The predicted molar refractivity (Wildman–Crippen MR) is 167 cm³/mol. The number of hydrogen-bond donors (Lipinski definition) is 7. The molecule has 1 amide bonds. The lowest BCUT2D eigenvalue weighted by Gasteiger charge is -2.49. The Hall–Kier alpha value is -1.99. The van der Waals surface area contributed by atoms with Crippen LogP contribution in [0.1, 0.15) is 78.6 Å². The second-order valence-corrected chi connectivity index (χ2v) is 13.9. The van der Waals surface area contributed by atoms with E-state index in [4.69, 9.17) is 28.4 Å². The number of carboxylic acid groups (broad SMARTS) is 1. The number of aliphatic hydroxyl groups is 5. The van der Waals surface area contributed by atoms with Crippen LogP contribution in [0.4, 0.5) is 0 Å². The molecule has 0 aromatic rings. The molecule has 282 valence electrons. The summed E-state index contributed by atoms with van der Waals surface area (Å²) in [7, 11) is 1.26. The van der Waals surface area contributed by atoms with Crippen LogP contribution in [0.25, 0.3) is 0 Å². The largest absolute Gasteiger partial charge is 0.479 e. The van der Waals surface area contributed by atoms with E-state index in [1.807, 2.05) is 6.92 Å². The number of aliphatic hydroxyl groups excluding tert-OH is 5. The van der Waals surface area contributed by atoms with Crippen molar-refractivity contribution in [2.75, 3.05) is 13.7 Å². The SMILES string of the molecule is CC[C@@H]1CC(C(=O)OC)C[C@@H](O[C@@H]2O[C@@H](CO)[C@H](O)C(O[C@@H](CC3CCCCC3)C(=O)O)C2NC(C)=O)C1O[C@@H]1OC(C)[C@@H](O)[C@H](O)C1O. The summed E-state index contributed by atoms with van der Waals surface area (Å²) in [5.41, 5.74) is 0. The van der Waals surface area contributed by atoms with Crippen molar-refractivity contribution in [1.29, 1.82) is 0 Å². The van der Waals surface area contributed by atoms with Gasteiger partial charge in [-0.05, 0) is 38.0 Å². The zero-order valence-electron chi connectivity index (χ0n) is 28.7. The molecule has 0 spiro atoms. The van der Waals surface area contributed by atoms with Crippen molar-refractivity contribution in [2.24, 2.45) is 17.8 Å². The highest BCUT2D eigenvalue weighted by Crippen LogP contribution is 2.40. The molecular weight excluding hydrogens is 650 g/mol. The van der Waals surface area contributed by atoms with E-state index in [0.29, 0.717) is 12.8 Å². The molecule has 4 fully saturated rings. The van der Waals surface area contributed by atoms with Gasteiger partial charge in [-0.3, -0.25) is 9.59 Å². The Morgan fingerprint density at radius 2 is 1.59 bits per heavy atom. The van der Waals surface area contributed by atoms with Crippen molar-refractivity contribution in [3.8, 4) is 0 Å². The van der Waals surface area contributed by atoms with E-state index in [1.54, 1.807) is 0 Å². The van der Waals surface area contributed by atoms with Gasteiger partial charge in [-0.15, -0.1) is 0 Å². The molecule has 49 heavy (non-hydrogen) atoms.